The third-order valence-corrected chi connectivity index (χ3v) is 6.13. The predicted octanol–water partition coefficient (Wildman–Crippen LogP) is 4.01. The molecule has 1 aromatic heterocycles. The van der Waals surface area contributed by atoms with E-state index >= 15 is 0 Å². The van der Waals surface area contributed by atoms with E-state index < -0.39 is 12.1 Å². The maximum absolute atomic E-state index is 9.79. The summed E-state index contributed by atoms with van der Waals surface area (Å²) in [6, 6.07) is 15.9. The van der Waals surface area contributed by atoms with Crippen LogP contribution in [0.2, 0.25) is 5.02 Å². The number of anilines is 1. The Kier molecular flexibility index (Phi) is 4.73. The van der Waals surface area contributed by atoms with Crippen molar-refractivity contribution < 1.29 is 0 Å². The zero-order chi connectivity index (χ0) is 21.5. The molecule has 31 heavy (non-hydrogen) atoms. The van der Waals surface area contributed by atoms with Gasteiger partial charge in [-0.05, 0) is 24.6 Å². The summed E-state index contributed by atoms with van der Waals surface area (Å²) in [4.78, 5) is 12.6. The number of nitrogens with one attached hydrogen (secondary N) is 1. The first-order valence-corrected chi connectivity index (χ1v) is 10.6. The lowest BCUT2D eigenvalue weighted by Crippen LogP contribution is -2.48. The molecule has 2 aliphatic rings. The maximum atomic E-state index is 9.79. The maximum Gasteiger partial charge on any atom is 0.233 e. The van der Waals surface area contributed by atoms with Gasteiger partial charge in [0, 0.05) is 10.6 Å². The number of hydrogen-bond acceptors (Lipinski definition) is 7. The highest BCUT2D eigenvalue weighted by atomic mass is 35.5. The third-order valence-electron chi connectivity index (χ3n) is 5.05. The van der Waals surface area contributed by atoms with E-state index in [1.54, 1.807) is 12.1 Å². The van der Waals surface area contributed by atoms with Crippen LogP contribution in [0.1, 0.15) is 22.2 Å². The van der Waals surface area contributed by atoms with E-state index in [1.807, 2.05) is 54.3 Å². The second-order valence-electron chi connectivity index (χ2n) is 6.96. The molecule has 0 fully saturated rings. The zero-order valence-corrected chi connectivity index (χ0v) is 17.8. The molecule has 0 saturated heterocycles. The molecule has 2 aliphatic heterocycles. The quantitative estimate of drug-likeness (QED) is 0.612. The van der Waals surface area contributed by atoms with Gasteiger partial charge in [0.15, 0.2) is 6.19 Å². The van der Waals surface area contributed by atoms with Crippen molar-refractivity contribution in [3.8, 4) is 6.19 Å². The van der Waals surface area contributed by atoms with Gasteiger partial charge in [-0.25, -0.2) is 4.90 Å². The summed E-state index contributed by atoms with van der Waals surface area (Å²) in [7, 11) is 0. The first-order valence-electron chi connectivity index (χ1n) is 9.42. The molecule has 0 saturated carbocycles. The molecule has 0 spiro atoms. The highest BCUT2D eigenvalue weighted by Gasteiger charge is 2.47. The van der Waals surface area contributed by atoms with Gasteiger partial charge in [0.05, 0.1) is 0 Å². The summed E-state index contributed by atoms with van der Waals surface area (Å²) in [5, 5.41) is 28.7. The number of halogens is 1. The fourth-order valence-electron chi connectivity index (χ4n) is 3.71. The van der Waals surface area contributed by atoms with Crippen LogP contribution in [-0.4, -0.2) is 38.8 Å². The van der Waals surface area contributed by atoms with Gasteiger partial charge < -0.3 is 0 Å². The molecule has 0 unspecified atom stereocenters. The number of aromatic nitrogens is 2. The fraction of sp³-hybridized carbons (Fsp3) is 0.143. The molecule has 0 bridgehead atoms. The number of aliphatic imine (C=N–C) groups is 2. The fourth-order valence-corrected chi connectivity index (χ4v) is 4.53. The van der Waals surface area contributed by atoms with Gasteiger partial charge in [-0.15, -0.1) is 10.2 Å². The average Bonchev–Trinajstić information content (AvgIpc) is 3.37. The summed E-state index contributed by atoms with van der Waals surface area (Å²) in [5.74, 6) is 1.06. The molecule has 2 aromatic carbocycles. The number of rotatable bonds is 3. The molecule has 2 atom stereocenters. The SMILES string of the molecule is Cc1nnc(N2C(c3ccccc3)=N[C@@H]3C2=NC(=N)N(C#N)[C@H]3c2ccc(Cl)cc2)s1. The largest absolute Gasteiger partial charge is 0.266 e. The Hall–Kier alpha value is -3.61. The van der Waals surface area contributed by atoms with Crippen LogP contribution in [0.3, 0.4) is 0 Å². The van der Waals surface area contributed by atoms with E-state index in [9.17, 15) is 5.26 Å². The van der Waals surface area contributed by atoms with Gasteiger partial charge in [0.25, 0.3) is 0 Å². The molecule has 1 N–H and O–H groups in total. The lowest BCUT2D eigenvalue weighted by atomic mass is 9.96. The van der Waals surface area contributed by atoms with Crippen molar-refractivity contribution in [2.24, 2.45) is 9.98 Å². The summed E-state index contributed by atoms with van der Waals surface area (Å²) >= 11 is 7.50. The number of nitrogens with zero attached hydrogens (tertiary/aromatic N) is 7. The second-order valence-corrected chi connectivity index (χ2v) is 8.56. The molecule has 3 heterocycles. The summed E-state index contributed by atoms with van der Waals surface area (Å²) in [5.41, 5.74) is 1.71. The van der Waals surface area contributed by atoms with Crippen LogP contribution >= 0.6 is 22.9 Å². The van der Waals surface area contributed by atoms with Gasteiger partial charge >= 0.3 is 0 Å². The van der Waals surface area contributed by atoms with Crippen molar-refractivity contribution in [1.82, 2.24) is 15.1 Å². The van der Waals surface area contributed by atoms with E-state index in [0.29, 0.717) is 21.8 Å². The molecule has 0 aliphatic carbocycles. The molecule has 5 rings (SSSR count). The smallest absolute Gasteiger partial charge is 0.233 e. The number of guanidine groups is 1. The Bertz CT molecular complexity index is 1260. The molecule has 8 nitrogen and oxygen atoms in total. The first kappa shape index (κ1) is 19.4. The lowest BCUT2D eigenvalue weighted by Gasteiger charge is -2.34. The summed E-state index contributed by atoms with van der Waals surface area (Å²) in [6.45, 7) is 1.88. The predicted molar refractivity (Wildman–Crippen MR) is 121 cm³/mol. The molecule has 3 aromatic rings. The monoisotopic (exact) mass is 446 g/mol. The Morgan fingerprint density at radius 2 is 1.84 bits per heavy atom. The molecule has 0 amide bonds. The van der Waals surface area contributed by atoms with E-state index in [-0.39, 0.29) is 5.96 Å². The third kappa shape index (κ3) is 3.26. The van der Waals surface area contributed by atoms with Gasteiger partial charge in [-0.3, -0.25) is 15.3 Å². The number of aryl methyl sites for hydroxylation is 1. The molecule has 152 valence electrons. The zero-order valence-electron chi connectivity index (χ0n) is 16.3. The highest BCUT2D eigenvalue weighted by molar-refractivity contribution is 7.15. The molecule has 10 heteroatoms. The van der Waals surface area contributed by atoms with Crippen molar-refractivity contribution >= 4 is 45.7 Å². The Labute approximate surface area is 187 Å². The van der Waals surface area contributed by atoms with E-state index in [0.717, 1.165) is 16.1 Å². The van der Waals surface area contributed by atoms with Crippen molar-refractivity contribution in [3.05, 3.63) is 75.8 Å². The van der Waals surface area contributed by atoms with Crippen LogP contribution in [0.4, 0.5) is 5.13 Å². The van der Waals surface area contributed by atoms with Gasteiger partial charge in [-0.2, -0.15) is 10.3 Å². The Balaban J connectivity index is 1.70. The minimum absolute atomic E-state index is 0.149. The normalized spacial score (nSPS) is 20.2. The van der Waals surface area contributed by atoms with Crippen molar-refractivity contribution in [2.45, 2.75) is 19.0 Å². The minimum Gasteiger partial charge on any atom is -0.266 e. The number of amidine groups is 2. The Morgan fingerprint density at radius 3 is 2.48 bits per heavy atom. The summed E-state index contributed by atoms with van der Waals surface area (Å²) in [6.07, 6.45) is 2.10. The van der Waals surface area contributed by atoms with Gasteiger partial charge in [0.2, 0.25) is 11.1 Å². The number of benzene rings is 2. The molecular formula is C21H15ClN8S. The van der Waals surface area contributed by atoms with Crippen LogP contribution in [0.25, 0.3) is 0 Å². The highest BCUT2D eigenvalue weighted by Crippen LogP contribution is 2.38. The van der Waals surface area contributed by atoms with Gasteiger partial charge in [0.1, 0.15) is 28.8 Å². The van der Waals surface area contributed by atoms with Crippen LogP contribution < -0.4 is 4.90 Å². The van der Waals surface area contributed by atoms with Crippen molar-refractivity contribution in [1.29, 1.82) is 10.7 Å². The van der Waals surface area contributed by atoms with E-state index in [2.05, 4.69) is 21.4 Å². The number of nitriles is 1. The first-order chi connectivity index (χ1) is 15.1. The molecular weight excluding hydrogens is 432 g/mol. The van der Waals surface area contributed by atoms with E-state index in [1.165, 1.54) is 16.2 Å². The van der Waals surface area contributed by atoms with Crippen molar-refractivity contribution in [3.63, 3.8) is 0 Å². The van der Waals surface area contributed by atoms with Crippen LogP contribution in [-0.2, 0) is 0 Å². The van der Waals surface area contributed by atoms with Gasteiger partial charge in [-0.1, -0.05) is 65.4 Å². The van der Waals surface area contributed by atoms with Crippen molar-refractivity contribution in [2.75, 3.05) is 4.90 Å². The van der Waals surface area contributed by atoms with Crippen LogP contribution in [0.15, 0.2) is 64.6 Å². The number of fused-ring (bicyclic) bond motifs is 1. The second kappa shape index (κ2) is 7.58. The minimum atomic E-state index is -0.528. The Morgan fingerprint density at radius 1 is 1.10 bits per heavy atom. The average molecular weight is 447 g/mol. The van der Waals surface area contributed by atoms with Crippen LogP contribution in [0.5, 0.6) is 0 Å². The van der Waals surface area contributed by atoms with Crippen LogP contribution in [0, 0.1) is 23.8 Å². The number of hydrogen-bond donors (Lipinski definition) is 1. The molecule has 0 radical (unpaired) electrons. The lowest BCUT2D eigenvalue weighted by molar-refractivity contribution is 0.390. The van der Waals surface area contributed by atoms with E-state index in [4.69, 9.17) is 22.0 Å². The summed E-state index contributed by atoms with van der Waals surface area (Å²) < 4.78 is 0. The topological polar surface area (TPSA) is 105 Å². The standard InChI is InChI=1S/C21H15ClN8S/c1-12-27-28-21(31-12)30-18(14-5-3-2-4-6-14)25-16-17(13-7-9-15(22)10-8-13)29(11-23)20(24)26-19(16)30/h2-10,16-17,24H,1H3/t16-,17-/m0/s1.